The number of hydrogen-bond donors (Lipinski definition) is 2. The average molecular weight is 310 g/mol. The standard InChI is InChI=1S/C17H14N2O2S/c20-17(21)13-8-6-12(7-9-13)16-19-11-15(22-16)10-18-14-4-2-1-3-5-14/h1-9,11,18H,10H2,(H,20,21). The fourth-order valence-corrected chi connectivity index (χ4v) is 2.88. The van der Waals surface area contributed by atoms with E-state index in [2.05, 4.69) is 10.3 Å². The van der Waals surface area contributed by atoms with E-state index in [4.69, 9.17) is 5.11 Å². The summed E-state index contributed by atoms with van der Waals surface area (Å²) in [5.74, 6) is -0.918. The Morgan fingerprint density at radius 3 is 2.50 bits per heavy atom. The minimum absolute atomic E-state index is 0.284. The van der Waals surface area contributed by atoms with Gasteiger partial charge < -0.3 is 10.4 Å². The molecule has 0 saturated carbocycles. The van der Waals surface area contributed by atoms with Crippen molar-refractivity contribution in [1.82, 2.24) is 4.98 Å². The molecule has 1 heterocycles. The van der Waals surface area contributed by atoms with E-state index in [-0.39, 0.29) is 5.56 Å². The molecular formula is C17H14N2O2S. The topological polar surface area (TPSA) is 62.2 Å². The summed E-state index contributed by atoms with van der Waals surface area (Å²) in [6.07, 6.45) is 1.85. The van der Waals surface area contributed by atoms with Crippen molar-refractivity contribution in [3.8, 4) is 10.6 Å². The second kappa shape index (κ2) is 6.41. The van der Waals surface area contributed by atoms with Crippen LogP contribution in [0.15, 0.2) is 60.8 Å². The van der Waals surface area contributed by atoms with E-state index >= 15 is 0 Å². The minimum atomic E-state index is -0.918. The summed E-state index contributed by atoms with van der Waals surface area (Å²) in [5.41, 5.74) is 2.29. The number of aromatic carboxylic acids is 1. The predicted octanol–water partition coefficient (Wildman–Crippen LogP) is 4.12. The molecule has 0 aliphatic rings. The zero-order valence-electron chi connectivity index (χ0n) is 11.7. The van der Waals surface area contributed by atoms with Crippen LogP contribution >= 0.6 is 11.3 Å². The van der Waals surface area contributed by atoms with Crippen molar-refractivity contribution < 1.29 is 9.90 Å². The normalized spacial score (nSPS) is 10.4. The molecule has 0 amide bonds. The van der Waals surface area contributed by atoms with Crippen LogP contribution in [0.25, 0.3) is 10.6 Å². The van der Waals surface area contributed by atoms with Gasteiger partial charge in [0.25, 0.3) is 0 Å². The second-order valence-electron chi connectivity index (χ2n) is 4.73. The lowest BCUT2D eigenvalue weighted by molar-refractivity contribution is 0.0697. The SMILES string of the molecule is O=C(O)c1ccc(-c2ncc(CNc3ccccc3)s2)cc1. The lowest BCUT2D eigenvalue weighted by Crippen LogP contribution is -1.96. The fraction of sp³-hybridized carbons (Fsp3) is 0.0588. The zero-order valence-corrected chi connectivity index (χ0v) is 12.5. The summed E-state index contributed by atoms with van der Waals surface area (Å²) < 4.78 is 0. The van der Waals surface area contributed by atoms with Gasteiger partial charge in [-0.15, -0.1) is 11.3 Å². The van der Waals surface area contributed by atoms with E-state index in [1.165, 1.54) is 0 Å². The van der Waals surface area contributed by atoms with Crippen LogP contribution in [-0.2, 0) is 6.54 Å². The molecule has 2 aromatic carbocycles. The number of anilines is 1. The molecule has 0 radical (unpaired) electrons. The first-order valence-corrected chi connectivity index (χ1v) is 7.61. The van der Waals surface area contributed by atoms with Crippen LogP contribution in [0.2, 0.25) is 0 Å². The van der Waals surface area contributed by atoms with Gasteiger partial charge >= 0.3 is 5.97 Å². The highest BCUT2D eigenvalue weighted by Gasteiger charge is 2.07. The first-order chi connectivity index (χ1) is 10.7. The van der Waals surface area contributed by atoms with Gasteiger partial charge in [0.2, 0.25) is 0 Å². The third-order valence-corrected chi connectivity index (χ3v) is 4.22. The number of carboxylic acids is 1. The quantitative estimate of drug-likeness (QED) is 0.744. The summed E-state index contributed by atoms with van der Waals surface area (Å²) in [6.45, 7) is 0.717. The van der Waals surface area contributed by atoms with Crippen LogP contribution in [-0.4, -0.2) is 16.1 Å². The number of carbonyl (C=O) groups is 1. The summed E-state index contributed by atoms with van der Waals surface area (Å²) in [6, 6.07) is 16.8. The molecule has 4 nitrogen and oxygen atoms in total. The van der Waals surface area contributed by atoms with Gasteiger partial charge in [-0.25, -0.2) is 9.78 Å². The van der Waals surface area contributed by atoms with E-state index < -0.39 is 5.97 Å². The van der Waals surface area contributed by atoms with Crippen LogP contribution in [0.1, 0.15) is 15.2 Å². The number of nitrogens with zero attached hydrogens (tertiary/aromatic N) is 1. The molecule has 22 heavy (non-hydrogen) atoms. The summed E-state index contributed by atoms with van der Waals surface area (Å²) in [7, 11) is 0. The first kappa shape index (κ1) is 14.3. The number of benzene rings is 2. The summed E-state index contributed by atoms with van der Waals surface area (Å²) in [4.78, 5) is 16.4. The van der Waals surface area contributed by atoms with E-state index in [0.717, 1.165) is 27.7 Å². The Balaban J connectivity index is 1.69. The lowest BCUT2D eigenvalue weighted by atomic mass is 10.1. The fourth-order valence-electron chi connectivity index (χ4n) is 2.02. The van der Waals surface area contributed by atoms with E-state index in [0.29, 0.717) is 0 Å². The third kappa shape index (κ3) is 3.32. The van der Waals surface area contributed by atoms with Crippen LogP contribution in [0.4, 0.5) is 5.69 Å². The predicted molar refractivity (Wildman–Crippen MR) is 88.3 cm³/mol. The van der Waals surface area contributed by atoms with Crippen molar-refractivity contribution in [2.24, 2.45) is 0 Å². The van der Waals surface area contributed by atoms with Crippen LogP contribution in [0.5, 0.6) is 0 Å². The Bertz CT molecular complexity index is 767. The largest absolute Gasteiger partial charge is 0.478 e. The molecule has 0 spiro atoms. The van der Waals surface area contributed by atoms with Crippen molar-refractivity contribution in [2.75, 3.05) is 5.32 Å². The maximum atomic E-state index is 10.9. The number of para-hydroxylation sites is 1. The Hall–Kier alpha value is -2.66. The molecular weight excluding hydrogens is 296 g/mol. The van der Waals surface area contributed by atoms with Crippen molar-refractivity contribution in [2.45, 2.75) is 6.54 Å². The smallest absolute Gasteiger partial charge is 0.335 e. The Morgan fingerprint density at radius 2 is 1.82 bits per heavy atom. The molecule has 0 saturated heterocycles. The number of aromatic nitrogens is 1. The van der Waals surface area contributed by atoms with Gasteiger partial charge in [0.15, 0.2) is 0 Å². The highest BCUT2D eigenvalue weighted by atomic mass is 32.1. The minimum Gasteiger partial charge on any atom is -0.478 e. The zero-order chi connectivity index (χ0) is 15.4. The molecule has 0 aliphatic heterocycles. The van der Waals surface area contributed by atoms with Gasteiger partial charge in [-0.1, -0.05) is 30.3 Å². The summed E-state index contributed by atoms with van der Waals surface area (Å²) in [5, 5.41) is 13.1. The number of rotatable bonds is 5. The highest BCUT2D eigenvalue weighted by molar-refractivity contribution is 7.15. The van der Waals surface area contributed by atoms with Gasteiger partial charge in [0.05, 0.1) is 12.1 Å². The maximum absolute atomic E-state index is 10.9. The average Bonchev–Trinajstić information content (AvgIpc) is 3.03. The molecule has 3 aromatic rings. The van der Waals surface area contributed by atoms with Crippen molar-refractivity contribution in [1.29, 1.82) is 0 Å². The number of carboxylic acid groups (broad SMARTS) is 1. The van der Waals surface area contributed by atoms with Crippen molar-refractivity contribution >= 4 is 23.0 Å². The van der Waals surface area contributed by atoms with Crippen molar-refractivity contribution in [3.05, 3.63) is 71.2 Å². The molecule has 0 fully saturated rings. The maximum Gasteiger partial charge on any atom is 0.335 e. The highest BCUT2D eigenvalue weighted by Crippen LogP contribution is 2.26. The number of hydrogen-bond acceptors (Lipinski definition) is 4. The third-order valence-electron chi connectivity index (χ3n) is 3.17. The Kier molecular flexibility index (Phi) is 4.16. The summed E-state index contributed by atoms with van der Waals surface area (Å²) >= 11 is 1.60. The molecule has 5 heteroatoms. The molecule has 1 aromatic heterocycles. The van der Waals surface area contributed by atoms with Gasteiger partial charge in [0.1, 0.15) is 5.01 Å². The molecule has 2 N–H and O–H groups in total. The number of thiazole rings is 1. The van der Waals surface area contributed by atoms with E-state index in [9.17, 15) is 4.79 Å². The van der Waals surface area contributed by atoms with Crippen molar-refractivity contribution in [3.63, 3.8) is 0 Å². The van der Waals surface area contributed by atoms with Crippen LogP contribution in [0.3, 0.4) is 0 Å². The van der Waals surface area contributed by atoms with Gasteiger partial charge in [-0.2, -0.15) is 0 Å². The lowest BCUT2D eigenvalue weighted by Gasteiger charge is -2.03. The van der Waals surface area contributed by atoms with Gasteiger partial charge in [-0.3, -0.25) is 0 Å². The molecule has 0 atom stereocenters. The molecule has 110 valence electrons. The Morgan fingerprint density at radius 1 is 1.09 bits per heavy atom. The van der Waals surface area contributed by atoms with E-state index in [1.54, 1.807) is 35.6 Å². The number of nitrogens with one attached hydrogen (secondary N) is 1. The second-order valence-corrected chi connectivity index (χ2v) is 5.85. The Labute approximate surface area is 132 Å². The molecule has 0 unspecified atom stereocenters. The molecule has 0 bridgehead atoms. The monoisotopic (exact) mass is 310 g/mol. The van der Waals surface area contributed by atoms with Crippen LogP contribution in [0, 0.1) is 0 Å². The first-order valence-electron chi connectivity index (χ1n) is 6.80. The van der Waals surface area contributed by atoms with Crippen LogP contribution < -0.4 is 5.32 Å². The molecule has 0 aliphatic carbocycles. The van der Waals surface area contributed by atoms with Gasteiger partial charge in [-0.05, 0) is 24.3 Å². The molecule has 3 rings (SSSR count). The van der Waals surface area contributed by atoms with E-state index in [1.807, 2.05) is 36.5 Å². The van der Waals surface area contributed by atoms with Gasteiger partial charge in [0, 0.05) is 22.3 Å².